The number of methoxy groups -OCH3 is 1. The van der Waals surface area contributed by atoms with Crippen LogP contribution in [0.2, 0.25) is 0 Å². The lowest BCUT2D eigenvalue weighted by molar-refractivity contribution is -0.119. The summed E-state index contributed by atoms with van der Waals surface area (Å²) in [6.45, 7) is 0.601. The topological polar surface area (TPSA) is 71.5 Å². The third-order valence-corrected chi connectivity index (χ3v) is 6.28. The molecule has 144 valence electrons. The number of carbonyl (C=O) groups is 2. The number of thiazole rings is 1. The van der Waals surface area contributed by atoms with E-state index in [1.807, 2.05) is 41.1 Å². The smallest absolute Gasteiger partial charge is 0.264 e. The summed E-state index contributed by atoms with van der Waals surface area (Å²) in [5.74, 6) is 0.521. The van der Waals surface area contributed by atoms with Crippen LogP contribution in [-0.4, -0.2) is 41.4 Å². The molecule has 0 unspecified atom stereocenters. The van der Waals surface area contributed by atoms with Crippen molar-refractivity contribution in [3.05, 3.63) is 52.0 Å². The van der Waals surface area contributed by atoms with E-state index in [0.717, 1.165) is 23.4 Å². The number of nitrogens with one attached hydrogen (secondary N) is 1. The third kappa shape index (κ3) is 3.79. The second kappa shape index (κ2) is 8.12. The van der Waals surface area contributed by atoms with Crippen molar-refractivity contribution in [3.8, 4) is 17.0 Å². The predicted octanol–water partition coefficient (Wildman–Crippen LogP) is 4.12. The molecule has 1 aromatic carbocycles. The van der Waals surface area contributed by atoms with Gasteiger partial charge in [0.05, 0.1) is 17.7 Å². The minimum Gasteiger partial charge on any atom is -0.497 e. The molecular formula is C20H19N3O3S2. The maximum Gasteiger partial charge on any atom is 0.264 e. The van der Waals surface area contributed by atoms with Crippen LogP contribution in [0.25, 0.3) is 11.3 Å². The molecular weight excluding hydrogens is 394 g/mol. The summed E-state index contributed by atoms with van der Waals surface area (Å²) in [6, 6.07) is 10.8. The van der Waals surface area contributed by atoms with Crippen LogP contribution in [0.3, 0.4) is 0 Å². The van der Waals surface area contributed by atoms with E-state index in [9.17, 15) is 9.59 Å². The van der Waals surface area contributed by atoms with Crippen LogP contribution in [0.5, 0.6) is 5.75 Å². The predicted molar refractivity (Wildman–Crippen MR) is 111 cm³/mol. The van der Waals surface area contributed by atoms with Gasteiger partial charge in [-0.05, 0) is 48.6 Å². The highest BCUT2D eigenvalue weighted by molar-refractivity contribution is 7.14. The molecule has 0 spiro atoms. The molecule has 8 heteroatoms. The molecule has 2 aromatic heterocycles. The van der Waals surface area contributed by atoms with Gasteiger partial charge in [-0.2, -0.15) is 0 Å². The van der Waals surface area contributed by atoms with Crippen molar-refractivity contribution in [2.24, 2.45) is 0 Å². The Balaban J connectivity index is 1.44. The molecule has 1 aliphatic heterocycles. The minimum absolute atomic E-state index is 0.0780. The van der Waals surface area contributed by atoms with Gasteiger partial charge in [-0.1, -0.05) is 6.07 Å². The average Bonchev–Trinajstić information content (AvgIpc) is 3.48. The van der Waals surface area contributed by atoms with Gasteiger partial charge in [0.15, 0.2) is 5.13 Å². The molecule has 1 atom stereocenters. The molecule has 3 aromatic rings. The highest BCUT2D eigenvalue weighted by atomic mass is 32.1. The SMILES string of the molecule is COc1ccc(-c2csc(NC(=O)[C@@H]3CCCN3C(=O)c3cccs3)n2)cc1. The third-order valence-electron chi connectivity index (χ3n) is 4.67. The maximum atomic E-state index is 12.8. The van der Waals surface area contributed by atoms with Crippen molar-refractivity contribution in [1.29, 1.82) is 0 Å². The Kier molecular flexibility index (Phi) is 5.40. The lowest BCUT2D eigenvalue weighted by Gasteiger charge is -2.22. The summed E-state index contributed by atoms with van der Waals surface area (Å²) in [5, 5.41) is 7.19. The number of thiophene rings is 1. The number of nitrogens with zero attached hydrogens (tertiary/aromatic N) is 2. The van der Waals surface area contributed by atoms with Gasteiger partial charge in [-0.25, -0.2) is 4.98 Å². The van der Waals surface area contributed by atoms with Crippen LogP contribution >= 0.6 is 22.7 Å². The lowest BCUT2D eigenvalue weighted by Crippen LogP contribution is -2.42. The van der Waals surface area contributed by atoms with Gasteiger partial charge in [0.25, 0.3) is 5.91 Å². The van der Waals surface area contributed by atoms with Crippen molar-refractivity contribution in [3.63, 3.8) is 0 Å². The van der Waals surface area contributed by atoms with Crippen LogP contribution < -0.4 is 10.1 Å². The Bertz CT molecular complexity index is 967. The van der Waals surface area contributed by atoms with Crippen LogP contribution in [-0.2, 0) is 4.79 Å². The summed E-state index contributed by atoms with van der Waals surface area (Å²) in [6.07, 6.45) is 1.49. The quantitative estimate of drug-likeness (QED) is 0.683. The number of benzene rings is 1. The molecule has 0 saturated carbocycles. The van der Waals surface area contributed by atoms with E-state index in [4.69, 9.17) is 4.74 Å². The van der Waals surface area contributed by atoms with Crippen LogP contribution in [0.4, 0.5) is 5.13 Å². The summed E-state index contributed by atoms with van der Waals surface area (Å²) >= 11 is 2.77. The summed E-state index contributed by atoms with van der Waals surface area (Å²) in [7, 11) is 1.63. The van der Waals surface area contributed by atoms with E-state index in [2.05, 4.69) is 10.3 Å². The molecule has 0 aliphatic carbocycles. The van der Waals surface area contributed by atoms with Crippen LogP contribution in [0.1, 0.15) is 22.5 Å². The van der Waals surface area contributed by atoms with E-state index in [0.29, 0.717) is 23.0 Å². The highest BCUT2D eigenvalue weighted by Crippen LogP contribution is 2.28. The molecule has 1 fully saturated rings. The van der Waals surface area contributed by atoms with E-state index in [-0.39, 0.29) is 11.8 Å². The van der Waals surface area contributed by atoms with Gasteiger partial charge >= 0.3 is 0 Å². The minimum atomic E-state index is -0.456. The first-order valence-electron chi connectivity index (χ1n) is 8.91. The van der Waals surface area contributed by atoms with Crippen molar-refractivity contribution in [2.75, 3.05) is 19.0 Å². The van der Waals surface area contributed by atoms with E-state index < -0.39 is 6.04 Å². The van der Waals surface area contributed by atoms with Gasteiger partial charge in [-0.3, -0.25) is 9.59 Å². The monoisotopic (exact) mass is 413 g/mol. The molecule has 28 heavy (non-hydrogen) atoms. The fourth-order valence-electron chi connectivity index (χ4n) is 3.24. The molecule has 1 aliphatic rings. The number of ether oxygens (including phenoxy) is 1. The number of aromatic nitrogens is 1. The molecule has 6 nitrogen and oxygen atoms in total. The average molecular weight is 414 g/mol. The molecule has 0 bridgehead atoms. The number of amides is 2. The number of rotatable bonds is 5. The van der Waals surface area contributed by atoms with E-state index in [1.165, 1.54) is 22.7 Å². The van der Waals surface area contributed by atoms with Crippen LogP contribution in [0, 0.1) is 0 Å². The zero-order valence-corrected chi connectivity index (χ0v) is 16.9. The zero-order chi connectivity index (χ0) is 19.5. The largest absolute Gasteiger partial charge is 0.497 e. The fourth-order valence-corrected chi connectivity index (χ4v) is 4.64. The summed E-state index contributed by atoms with van der Waals surface area (Å²) in [5.41, 5.74) is 1.74. The van der Waals surface area contributed by atoms with Crippen LogP contribution in [0.15, 0.2) is 47.2 Å². The van der Waals surface area contributed by atoms with Gasteiger partial charge in [0, 0.05) is 17.5 Å². The van der Waals surface area contributed by atoms with Crippen molar-refractivity contribution >= 4 is 39.6 Å². The molecule has 0 radical (unpaired) electrons. The second-order valence-electron chi connectivity index (χ2n) is 6.39. The van der Waals surface area contributed by atoms with Gasteiger partial charge in [-0.15, -0.1) is 22.7 Å². The van der Waals surface area contributed by atoms with Crippen molar-refractivity contribution in [1.82, 2.24) is 9.88 Å². The van der Waals surface area contributed by atoms with Gasteiger partial charge in [0.1, 0.15) is 11.8 Å². The number of carbonyl (C=O) groups excluding carboxylic acids is 2. The molecule has 1 saturated heterocycles. The Morgan fingerprint density at radius 1 is 1.21 bits per heavy atom. The van der Waals surface area contributed by atoms with Crippen molar-refractivity contribution in [2.45, 2.75) is 18.9 Å². The molecule has 2 amide bonds. The normalized spacial score (nSPS) is 16.2. The molecule has 1 N–H and O–H groups in total. The second-order valence-corrected chi connectivity index (χ2v) is 8.20. The number of hydrogen-bond acceptors (Lipinski definition) is 6. The van der Waals surface area contributed by atoms with Gasteiger partial charge < -0.3 is 15.0 Å². The summed E-state index contributed by atoms with van der Waals surface area (Å²) in [4.78, 5) is 32.3. The molecule has 3 heterocycles. The Morgan fingerprint density at radius 2 is 2.04 bits per heavy atom. The first-order valence-corrected chi connectivity index (χ1v) is 10.7. The standard InChI is InChI=1S/C20H19N3O3S2/c1-26-14-8-6-13(7-9-14)15-12-28-20(21-15)22-18(24)16-4-2-10-23(16)19(25)17-5-3-11-27-17/h3,5-9,11-12,16H,2,4,10H2,1H3,(H,21,22,24)/t16-/m0/s1. The first-order chi connectivity index (χ1) is 13.7. The number of hydrogen-bond donors (Lipinski definition) is 1. The van der Waals surface area contributed by atoms with E-state index >= 15 is 0 Å². The highest BCUT2D eigenvalue weighted by Gasteiger charge is 2.35. The number of anilines is 1. The Labute approximate surface area is 170 Å². The lowest BCUT2D eigenvalue weighted by atomic mass is 10.2. The first kappa shape index (κ1) is 18.6. The molecule has 4 rings (SSSR count). The van der Waals surface area contributed by atoms with Gasteiger partial charge in [0.2, 0.25) is 5.91 Å². The Morgan fingerprint density at radius 3 is 2.75 bits per heavy atom. The fraction of sp³-hybridized carbons (Fsp3) is 0.250. The number of likely N-dealkylation sites (tertiary alicyclic amines) is 1. The summed E-state index contributed by atoms with van der Waals surface area (Å²) < 4.78 is 5.17. The Hall–Kier alpha value is -2.71. The van der Waals surface area contributed by atoms with Crippen molar-refractivity contribution < 1.29 is 14.3 Å². The van der Waals surface area contributed by atoms with E-state index in [1.54, 1.807) is 18.1 Å². The zero-order valence-electron chi connectivity index (χ0n) is 15.3. The maximum absolute atomic E-state index is 12.8.